The maximum atomic E-state index is 12.2. The molecule has 3 rings (SSSR count). The Morgan fingerprint density at radius 1 is 1.08 bits per heavy atom. The van der Waals surface area contributed by atoms with Gasteiger partial charge in [-0.3, -0.25) is 4.79 Å². The fourth-order valence-corrected chi connectivity index (χ4v) is 3.54. The Bertz CT molecular complexity index is 767. The lowest BCUT2D eigenvalue weighted by Crippen LogP contribution is -2.31. The summed E-state index contributed by atoms with van der Waals surface area (Å²) in [7, 11) is 0. The van der Waals surface area contributed by atoms with E-state index >= 15 is 0 Å². The highest BCUT2D eigenvalue weighted by Gasteiger charge is 2.14. The number of amides is 1. The number of benzene rings is 2. The summed E-state index contributed by atoms with van der Waals surface area (Å²) >= 11 is 0. The first kappa shape index (κ1) is 17.5. The molecule has 0 saturated carbocycles. The molecule has 0 spiro atoms. The van der Waals surface area contributed by atoms with E-state index in [1.165, 1.54) is 35.1 Å². The molecule has 132 valence electrons. The summed E-state index contributed by atoms with van der Waals surface area (Å²) in [6, 6.07) is 12.5. The number of rotatable bonds is 5. The van der Waals surface area contributed by atoms with Crippen LogP contribution >= 0.6 is 0 Å². The molecule has 1 aliphatic rings. The first-order valence-electron chi connectivity index (χ1n) is 9.14. The molecule has 25 heavy (non-hydrogen) atoms. The molecule has 2 aromatic rings. The van der Waals surface area contributed by atoms with Gasteiger partial charge in [0.15, 0.2) is 6.61 Å². The monoisotopic (exact) mass is 337 g/mol. The second-order valence-corrected chi connectivity index (χ2v) is 7.08. The van der Waals surface area contributed by atoms with Crippen LogP contribution in [-0.2, 0) is 17.6 Å². The van der Waals surface area contributed by atoms with Gasteiger partial charge in [-0.15, -0.1) is 0 Å². The number of hydrogen-bond acceptors (Lipinski definition) is 2. The molecule has 1 N–H and O–H groups in total. The van der Waals surface area contributed by atoms with Gasteiger partial charge in [-0.2, -0.15) is 0 Å². The van der Waals surface area contributed by atoms with Gasteiger partial charge in [0.05, 0.1) is 6.04 Å². The lowest BCUT2D eigenvalue weighted by atomic mass is 9.92. The van der Waals surface area contributed by atoms with Crippen LogP contribution < -0.4 is 10.1 Å². The van der Waals surface area contributed by atoms with E-state index in [0.29, 0.717) is 0 Å². The summed E-state index contributed by atoms with van der Waals surface area (Å²) < 4.78 is 5.71. The van der Waals surface area contributed by atoms with Gasteiger partial charge in [0, 0.05) is 0 Å². The minimum atomic E-state index is -0.0915. The number of fused-ring (bicyclic) bond motifs is 1. The van der Waals surface area contributed by atoms with Crippen molar-refractivity contribution >= 4 is 5.91 Å². The summed E-state index contributed by atoms with van der Waals surface area (Å²) in [4.78, 5) is 12.2. The predicted molar refractivity (Wildman–Crippen MR) is 101 cm³/mol. The minimum Gasteiger partial charge on any atom is -0.484 e. The van der Waals surface area contributed by atoms with Crippen LogP contribution in [0.25, 0.3) is 0 Å². The Kier molecular flexibility index (Phi) is 5.42. The van der Waals surface area contributed by atoms with Gasteiger partial charge in [-0.25, -0.2) is 0 Å². The number of ether oxygens (including phenoxy) is 1. The maximum Gasteiger partial charge on any atom is 0.258 e. The van der Waals surface area contributed by atoms with Crippen molar-refractivity contribution in [2.45, 2.75) is 52.5 Å². The second-order valence-electron chi connectivity index (χ2n) is 7.08. The minimum absolute atomic E-state index is 0.0282. The summed E-state index contributed by atoms with van der Waals surface area (Å²) in [5.41, 5.74) is 6.34. The van der Waals surface area contributed by atoms with E-state index in [-0.39, 0.29) is 18.6 Å². The van der Waals surface area contributed by atoms with Crippen molar-refractivity contribution in [3.8, 4) is 5.75 Å². The summed E-state index contributed by atoms with van der Waals surface area (Å²) in [6.45, 7) is 6.20. The van der Waals surface area contributed by atoms with Crippen LogP contribution in [-0.4, -0.2) is 12.5 Å². The first-order valence-corrected chi connectivity index (χ1v) is 9.14. The van der Waals surface area contributed by atoms with Gasteiger partial charge in [0.1, 0.15) is 5.75 Å². The zero-order valence-electron chi connectivity index (χ0n) is 15.4. The molecule has 1 aliphatic carbocycles. The fourth-order valence-electron chi connectivity index (χ4n) is 3.54. The molecule has 1 unspecified atom stereocenters. The van der Waals surface area contributed by atoms with Crippen LogP contribution in [0, 0.1) is 13.8 Å². The predicted octanol–water partition coefficient (Wildman–Crippen LogP) is 4.44. The topological polar surface area (TPSA) is 38.3 Å². The zero-order valence-corrected chi connectivity index (χ0v) is 15.4. The molecule has 2 aromatic carbocycles. The molecule has 1 atom stereocenters. The van der Waals surface area contributed by atoms with E-state index < -0.39 is 0 Å². The second kappa shape index (κ2) is 7.73. The quantitative estimate of drug-likeness (QED) is 0.876. The summed E-state index contributed by atoms with van der Waals surface area (Å²) in [6.07, 6.45) is 4.78. The van der Waals surface area contributed by atoms with E-state index in [9.17, 15) is 4.79 Å². The highest BCUT2D eigenvalue weighted by Crippen LogP contribution is 2.25. The Balaban J connectivity index is 1.56. The SMILES string of the molecule is Cc1ccc(C)c(C(C)NC(=O)COc2ccc3c(c2)CCCC3)c1. The smallest absolute Gasteiger partial charge is 0.258 e. The van der Waals surface area contributed by atoms with Crippen molar-refractivity contribution in [1.82, 2.24) is 5.32 Å². The highest BCUT2D eigenvalue weighted by molar-refractivity contribution is 5.78. The molecule has 0 bridgehead atoms. The maximum absolute atomic E-state index is 12.2. The van der Waals surface area contributed by atoms with Crippen molar-refractivity contribution in [1.29, 1.82) is 0 Å². The third-order valence-electron chi connectivity index (χ3n) is 4.97. The summed E-state index contributed by atoms with van der Waals surface area (Å²) in [5, 5.41) is 3.03. The molecule has 3 heteroatoms. The third-order valence-corrected chi connectivity index (χ3v) is 4.97. The van der Waals surface area contributed by atoms with Gasteiger partial charge in [0.25, 0.3) is 5.91 Å². The largest absolute Gasteiger partial charge is 0.484 e. The molecule has 0 aromatic heterocycles. The zero-order chi connectivity index (χ0) is 17.8. The normalized spacial score (nSPS) is 14.5. The standard InChI is InChI=1S/C22H27NO2/c1-15-8-9-16(2)21(12-15)17(3)23-22(24)14-25-20-11-10-18-6-4-5-7-19(18)13-20/h8-13,17H,4-7,14H2,1-3H3,(H,23,24). The van der Waals surface area contributed by atoms with Crippen molar-refractivity contribution in [3.05, 3.63) is 64.2 Å². The molecule has 0 fully saturated rings. The Labute approximate surface area is 150 Å². The van der Waals surface area contributed by atoms with Gasteiger partial charge in [-0.05, 0) is 80.8 Å². The molecule has 0 saturated heterocycles. The number of nitrogens with one attached hydrogen (secondary N) is 1. The Hall–Kier alpha value is -2.29. The van der Waals surface area contributed by atoms with Crippen LogP contribution in [0.1, 0.15) is 53.6 Å². The molecular weight excluding hydrogens is 310 g/mol. The van der Waals surface area contributed by atoms with Crippen LogP contribution in [0.5, 0.6) is 5.75 Å². The number of carbonyl (C=O) groups is 1. The van der Waals surface area contributed by atoms with Crippen LogP contribution in [0.2, 0.25) is 0 Å². The number of carbonyl (C=O) groups excluding carboxylic acids is 1. The molecule has 3 nitrogen and oxygen atoms in total. The fraction of sp³-hybridized carbons (Fsp3) is 0.409. The lowest BCUT2D eigenvalue weighted by molar-refractivity contribution is -0.123. The lowest BCUT2D eigenvalue weighted by Gasteiger charge is -2.18. The van der Waals surface area contributed by atoms with Crippen molar-refractivity contribution in [2.75, 3.05) is 6.61 Å². The number of aryl methyl sites for hydroxylation is 4. The molecule has 0 radical (unpaired) electrons. The van der Waals surface area contributed by atoms with E-state index in [4.69, 9.17) is 4.74 Å². The van der Waals surface area contributed by atoms with Crippen LogP contribution in [0.15, 0.2) is 36.4 Å². The summed E-state index contributed by atoms with van der Waals surface area (Å²) in [5.74, 6) is 0.696. The van der Waals surface area contributed by atoms with Crippen molar-refractivity contribution in [2.24, 2.45) is 0 Å². The van der Waals surface area contributed by atoms with Crippen molar-refractivity contribution in [3.63, 3.8) is 0 Å². The van der Waals surface area contributed by atoms with Crippen LogP contribution in [0.3, 0.4) is 0 Å². The Morgan fingerprint density at radius 2 is 1.84 bits per heavy atom. The Morgan fingerprint density at radius 3 is 2.64 bits per heavy atom. The van der Waals surface area contributed by atoms with E-state index in [2.05, 4.69) is 49.5 Å². The molecule has 0 aliphatic heterocycles. The van der Waals surface area contributed by atoms with Gasteiger partial charge in [-0.1, -0.05) is 29.8 Å². The molecule has 0 heterocycles. The first-order chi connectivity index (χ1) is 12.0. The van der Waals surface area contributed by atoms with E-state index in [1.54, 1.807) is 0 Å². The van der Waals surface area contributed by atoms with Gasteiger partial charge in [0.2, 0.25) is 0 Å². The van der Waals surface area contributed by atoms with E-state index in [1.807, 2.05) is 13.0 Å². The molecular formula is C22H27NO2. The third kappa shape index (κ3) is 4.41. The highest BCUT2D eigenvalue weighted by atomic mass is 16.5. The molecule has 1 amide bonds. The van der Waals surface area contributed by atoms with Crippen molar-refractivity contribution < 1.29 is 9.53 Å². The average Bonchev–Trinajstić information content (AvgIpc) is 2.61. The number of hydrogen-bond donors (Lipinski definition) is 1. The average molecular weight is 337 g/mol. The van der Waals surface area contributed by atoms with Crippen LogP contribution in [0.4, 0.5) is 0 Å². The van der Waals surface area contributed by atoms with Gasteiger partial charge < -0.3 is 10.1 Å². The van der Waals surface area contributed by atoms with E-state index in [0.717, 1.165) is 24.2 Å². The van der Waals surface area contributed by atoms with Gasteiger partial charge >= 0.3 is 0 Å².